The number of carbonyl (C=O) groups excluding carboxylic acids is 1. The lowest BCUT2D eigenvalue weighted by atomic mass is 10.1. The molecule has 0 unspecified atom stereocenters. The Morgan fingerprint density at radius 1 is 1.27 bits per heavy atom. The number of anilines is 1. The number of benzene rings is 1. The van der Waals surface area contributed by atoms with E-state index in [9.17, 15) is 4.79 Å². The Bertz CT molecular complexity index is 658. The zero-order chi connectivity index (χ0) is 15.4. The van der Waals surface area contributed by atoms with E-state index in [1.165, 1.54) is 5.56 Å². The minimum atomic E-state index is 0.0836. The van der Waals surface area contributed by atoms with E-state index in [1.54, 1.807) is 17.4 Å². The molecule has 22 heavy (non-hydrogen) atoms. The van der Waals surface area contributed by atoms with Crippen molar-refractivity contribution in [2.75, 3.05) is 31.1 Å². The predicted molar refractivity (Wildman–Crippen MR) is 91.1 cm³/mol. The summed E-state index contributed by atoms with van der Waals surface area (Å²) < 4.78 is 0. The number of rotatable bonds is 3. The molecule has 1 amide bonds. The molecular formula is C17H19N3OS. The molecule has 0 saturated carbocycles. The quantitative estimate of drug-likeness (QED) is 0.818. The van der Waals surface area contributed by atoms with Crippen LogP contribution in [0.3, 0.4) is 0 Å². The van der Waals surface area contributed by atoms with Crippen LogP contribution in [0.4, 0.5) is 5.13 Å². The molecule has 0 bridgehead atoms. The first kappa shape index (κ1) is 14.8. The summed E-state index contributed by atoms with van der Waals surface area (Å²) in [4.78, 5) is 20.7. The molecule has 2 aromatic rings. The summed E-state index contributed by atoms with van der Waals surface area (Å²) in [6.07, 6.45) is 5.39. The first-order chi connectivity index (χ1) is 10.7. The number of amides is 1. The molecule has 1 aromatic carbocycles. The van der Waals surface area contributed by atoms with E-state index in [2.05, 4.69) is 28.9 Å². The van der Waals surface area contributed by atoms with Crippen LogP contribution in [0.25, 0.3) is 6.08 Å². The lowest BCUT2D eigenvalue weighted by Crippen LogP contribution is -2.48. The van der Waals surface area contributed by atoms with Crippen LogP contribution in [-0.2, 0) is 4.79 Å². The monoisotopic (exact) mass is 313 g/mol. The molecule has 0 N–H and O–H groups in total. The largest absolute Gasteiger partial charge is 0.345 e. The predicted octanol–water partition coefficient (Wildman–Crippen LogP) is 2.81. The third-order valence-electron chi connectivity index (χ3n) is 3.74. The molecule has 2 heterocycles. The average molecular weight is 313 g/mol. The van der Waals surface area contributed by atoms with Crippen molar-refractivity contribution in [2.24, 2.45) is 0 Å². The summed E-state index contributed by atoms with van der Waals surface area (Å²) in [5, 5.41) is 3.03. The van der Waals surface area contributed by atoms with Gasteiger partial charge in [0.2, 0.25) is 5.91 Å². The van der Waals surface area contributed by atoms with Gasteiger partial charge < -0.3 is 9.80 Å². The third kappa shape index (κ3) is 3.54. The van der Waals surface area contributed by atoms with Gasteiger partial charge in [-0.25, -0.2) is 4.98 Å². The maximum absolute atomic E-state index is 12.3. The maximum Gasteiger partial charge on any atom is 0.246 e. The van der Waals surface area contributed by atoms with Crippen molar-refractivity contribution in [1.82, 2.24) is 9.88 Å². The zero-order valence-corrected chi connectivity index (χ0v) is 13.4. The van der Waals surface area contributed by atoms with Crippen LogP contribution in [0, 0.1) is 6.92 Å². The molecule has 1 fully saturated rings. The number of hydrogen-bond donors (Lipinski definition) is 0. The number of aromatic nitrogens is 1. The first-order valence-electron chi connectivity index (χ1n) is 7.40. The van der Waals surface area contributed by atoms with Gasteiger partial charge in [-0.3, -0.25) is 4.79 Å². The summed E-state index contributed by atoms with van der Waals surface area (Å²) in [6.45, 7) is 5.24. The minimum absolute atomic E-state index is 0.0836. The molecule has 1 aliphatic rings. The Kier molecular flexibility index (Phi) is 4.53. The number of aryl methyl sites for hydroxylation is 1. The average Bonchev–Trinajstić information content (AvgIpc) is 3.07. The Morgan fingerprint density at radius 3 is 2.77 bits per heavy atom. The second-order valence-electron chi connectivity index (χ2n) is 5.37. The summed E-state index contributed by atoms with van der Waals surface area (Å²) >= 11 is 1.65. The minimum Gasteiger partial charge on any atom is -0.345 e. The van der Waals surface area contributed by atoms with Crippen molar-refractivity contribution in [1.29, 1.82) is 0 Å². The van der Waals surface area contributed by atoms with E-state index in [-0.39, 0.29) is 5.91 Å². The molecule has 1 aliphatic heterocycles. The van der Waals surface area contributed by atoms with E-state index >= 15 is 0 Å². The molecule has 4 nitrogen and oxygen atoms in total. The first-order valence-corrected chi connectivity index (χ1v) is 8.28. The van der Waals surface area contributed by atoms with Gasteiger partial charge in [-0.05, 0) is 18.6 Å². The van der Waals surface area contributed by atoms with Gasteiger partial charge in [-0.1, -0.05) is 29.8 Å². The summed E-state index contributed by atoms with van der Waals surface area (Å²) in [5.41, 5.74) is 2.27. The lowest BCUT2D eigenvalue weighted by Gasteiger charge is -2.34. The Morgan fingerprint density at radius 2 is 2.09 bits per heavy atom. The van der Waals surface area contributed by atoms with E-state index in [1.807, 2.05) is 34.7 Å². The van der Waals surface area contributed by atoms with Gasteiger partial charge in [-0.2, -0.15) is 0 Å². The van der Waals surface area contributed by atoms with Gasteiger partial charge in [0.15, 0.2) is 5.13 Å². The fourth-order valence-electron chi connectivity index (χ4n) is 2.54. The maximum atomic E-state index is 12.3. The molecule has 5 heteroatoms. The highest BCUT2D eigenvalue weighted by Crippen LogP contribution is 2.19. The molecule has 0 spiro atoms. The van der Waals surface area contributed by atoms with Gasteiger partial charge in [0.05, 0.1) is 0 Å². The van der Waals surface area contributed by atoms with Crippen molar-refractivity contribution in [3.8, 4) is 0 Å². The second-order valence-corrected chi connectivity index (χ2v) is 6.25. The molecule has 1 aromatic heterocycles. The van der Waals surface area contributed by atoms with Crippen LogP contribution in [0.1, 0.15) is 11.1 Å². The fraction of sp³-hybridized carbons (Fsp3) is 0.294. The number of thiazole rings is 1. The van der Waals surface area contributed by atoms with E-state index in [4.69, 9.17) is 0 Å². The molecule has 0 radical (unpaired) electrons. The third-order valence-corrected chi connectivity index (χ3v) is 4.57. The van der Waals surface area contributed by atoms with Crippen LogP contribution in [0.2, 0.25) is 0 Å². The standard InChI is InChI=1S/C17H19N3OS/c1-14-3-2-4-15(13-14)5-6-16(21)19-8-10-20(11-9-19)17-18-7-12-22-17/h2-7,12-13H,8-11H2,1H3/b6-5+. The summed E-state index contributed by atoms with van der Waals surface area (Å²) in [7, 11) is 0. The number of piperazine rings is 1. The highest BCUT2D eigenvalue weighted by atomic mass is 32.1. The molecule has 0 atom stereocenters. The van der Waals surface area contributed by atoms with Crippen LogP contribution >= 0.6 is 11.3 Å². The number of nitrogens with zero attached hydrogens (tertiary/aromatic N) is 3. The van der Waals surface area contributed by atoms with Crippen LogP contribution in [-0.4, -0.2) is 42.0 Å². The molecule has 0 aliphatic carbocycles. The molecule has 3 rings (SSSR count). The van der Waals surface area contributed by atoms with E-state index < -0.39 is 0 Å². The van der Waals surface area contributed by atoms with Gasteiger partial charge in [0, 0.05) is 43.8 Å². The van der Waals surface area contributed by atoms with Gasteiger partial charge in [0.1, 0.15) is 0 Å². The molecule has 114 valence electrons. The fourth-order valence-corrected chi connectivity index (χ4v) is 3.23. The van der Waals surface area contributed by atoms with Gasteiger partial charge in [-0.15, -0.1) is 11.3 Å². The highest BCUT2D eigenvalue weighted by molar-refractivity contribution is 7.13. The van der Waals surface area contributed by atoms with E-state index in [0.717, 1.165) is 36.9 Å². The van der Waals surface area contributed by atoms with E-state index in [0.29, 0.717) is 0 Å². The molecular weight excluding hydrogens is 294 g/mol. The van der Waals surface area contributed by atoms with Gasteiger partial charge in [0.25, 0.3) is 0 Å². The smallest absolute Gasteiger partial charge is 0.246 e. The number of hydrogen-bond acceptors (Lipinski definition) is 4. The van der Waals surface area contributed by atoms with Crippen LogP contribution in [0.5, 0.6) is 0 Å². The van der Waals surface area contributed by atoms with Crippen molar-refractivity contribution in [2.45, 2.75) is 6.92 Å². The second kappa shape index (κ2) is 6.75. The van der Waals surface area contributed by atoms with Crippen molar-refractivity contribution < 1.29 is 4.79 Å². The topological polar surface area (TPSA) is 36.4 Å². The van der Waals surface area contributed by atoms with Crippen molar-refractivity contribution in [3.05, 3.63) is 53.0 Å². The zero-order valence-electron chi connectivity index (χ0n) is 12.6. The van der Waals surface area contributed by atoms with Crippen molar-refractivity contribution in [3.63, 3.8) is 0 Å². The normalized spacial score (nSPS) is 15.5. The number of carbonyl (C=O) groups is 1. The molecule has 1 saturated heterocycles. The highest BCUT2D eigenvalue weighted by Gasteiger charge is 2.20. The lowest BCUT2D eigenvalue weighted by molar-refractivity contribution is -0.126. The van der Waals surface area contributed by atoms with Crippen LogP contribution < -0.4 is 4.90 Å². The Hall–Kier alpha value is -2.14. The van der Waals surface area contributed by atoms with Crippen molar-refractivity contribution >= 4 is 28.5 Å². The summed E-state index contributed by atoms with van der Waals surface area (Å²) in [6, 6.07) is 8.14. The summed E-state index contributed by atoms with van der Waals surface area (Å²) in [5.74, 6) is 0.0836. The van der Waals surface area contributed by atoms with Crippen LogP contribution in [0.15, 0.2) is 41.9 Å². The Labute approximate surface area is 134 Å². The SMILES string of the molecule is Cc1cccc(/C=C/C(=O)N2CCN(c3nccs3)CC2)c1. The van der Waals surface area contributed by atoms with Gasteiger partial charge >= 0.3 is 0 Å². The Balaban J connectivity index is 1.56.